The lowest BCUT2D eigenvalue weighted by Crippen LogP contribution is -2.37. The third-order valence-electron chi connectivity index (χ3n) is 3.32. The summed E-state index contributed by atoms with van der Waals surface area (Å²) in [7, 11) is 0. The molecule has 1 aliphatic rings. The van der Waals surface area contributed by atoms with Crippen molar-refractivity contribution in [2.45, 2.75) is 25.3 Å². The number of nitrogens with zero attached hydrogens (tertiary/aromatic N) is 1. The fourth-order valence-electron chi connectivity index (χ4n) is 2.49. The van der Waals surface area contributed by atoms with Gasteiger partial charge in [0.2, 0.25) is 0 Å². The molecule has 1 fully saturated rings. The molecule has 1 heterocycles. The summed E-state index contributed by atoms with van der Waals surface area (Å²) in [5.74, 6) is -1.06. The Morgan fingerprint density at radius 1 is 1.06 bits per heavy atom. The van der Waals surface area contributed by atoms with Crippen LogP contribution in [0.4, 0.5) is 8.78 Å². The molecule has 17 heavy (non-hydrogen) atoms. The molecule has 2 rings (SSSR count). The maximum Gasteiger partial charge on any atom is 0.126 e. The van der Waals surface area contributed by atoms with Crippen molar-refractivity contribution in [2.24, 2.45) is 5.73 Å². The molecular weight excluding hydrogens is 222 g/mol. The largest absolute Gasteiger partial charge is 0.329 e. The van der Waals surface area contributed by atoms with Crippen LogP contribution in [-0.4, -0.2) is 24.5 Å². The number of hydrogen-bond acceptors (Lipinski definition) is 2. The highest BCUT2D eigenvalue weighted by atomic mass is 19.1. The smallest absolute Gasteiger partial charge is 0.126 e. The Balaban J connectivity index is 2.21. The monoisotopic (exact) mass is 240 g/mol. The van der Waals surface area contributed by atoms with E-state index < -0.39 is 11.6 Å². The van der Waals surface area contributed by atoms with Gasteiger partial charge in [0.05, 0.1) is 0 Å². The summed E-state index contributed by atoms with van der Waals surface area (Å²) in [6.07, 6.45) is 3.49. The maximum absolute atomic E-state index is 13.2. The highest BCUT2D eigenvalue weighted by Gasteiger charge is 2.21. The highest BCUT2D eigenvalue weighted by Crippen LogP contribution is 2.24. The molecule has 0 amide bonds. The van der Waals surface area contributed by atoms with E-state index in [-0.39, 0.29) is 6.04 Å². The molecule has 0 spiro atoms. The lowest BCUT2D eigenvalue weighted by Gasteiger charge is -2.34. The minimum atomic E-state index is -0.532. The van der Waals surface area contributed by atoms with Crippen LogP contribution in [0.5, 0.6) is 0 Å². The maximum atomic E-state index is 13.2. The first-order valence-corrected chi connectivity index (χ1v) is 6.11. The molecule has 4 heteroatoms. The van der Waals surface area contributed by atoms with Crippen LogP contribution in [0, 0.1) is 11.6 Å². The number of hydrogen-bond donors (Lipinski definition) is 1. The second-order valence-electron chi connectivity index (χ2n) is 4.55. The van der Waals surface area contributed by atoms with Gasteiger partial charge in [0.15, 0.2) is 0 Å². The van der Waals surface area contributed by atoms with Crippen molar-refractivity contribution in [3.05, 3.63) is 35.4 Å². The molecule has 2 nitrogen and oxygen atoms in total. The molecule has 0 bridgehead atoms. The van der Waals surface area contributed by atoms with Crippen LogP contribution >= 0.6 is 0 Å². The van der Waals surface area contributed by atoms with Crippen LogP contribution in [0.25, 0.3) is 0 Å². The van der Waals surface area contributed by atoms with Gasteiger partial charge in [-0.25, -0.2) is 8.78 Å². The van der Waals surface area contributed by atoms with E-state index in [9.17, 15) is 8.78 Å². The van der Waals surface area contributed by atoms with E-state index >= 15 is 0 Å². The third-order valence-corrected chi connectivity index (χ3v) is 3.32. The zero-order valence-corrected chi connectivity index (χ0v) is 9.83. The zero-order valence-electron chi connectivity index (χ0n) is 9.83. The standard InChI is InChI=1S/C13H18F2N2/c14-11-6-10(7-12(15)8-11)13(9-16)17-4-2-1-3-5-17/h6-8,13H,1-5,9,16H2. The Morgan fingerprint density at radius 2 is 1.65 bits per heavy atom. The number of rotatable bonds is 3. The first kappa shape index (κ1) is 12.5. The van der Waals surface area contributed by atoms with E-state index in [1.165, 1.54) is 18.6 Å². The Labute approximate surface area is 100 Å². The molecule has 1 aromatic rings. The Morgan fingerprint density at radius 3 is 2.18 bits per heavy atom. The first-order chi connectivity index (χ1) is 8.20. The Bertz CT molecular complexity index is 355. The van der Waals surface area contributed by atoms with E-state index in [2.05, 4.69) is 4.90 Å². The van der Waals surface area contributed by atoms with Crippen LogP contribution in [0.15, 0.2) is 18.2 Å². The average molecular weight is 240 g/mol. The van der Waals surface area contributed by atoms with Gasteiger partial charge in [0.25, 0.3) is 0 Å². The number of likely N-dealkylation sites (tertiary alicyclic amines) is 1. The van der Waals surface area contributed by atoms with E-state index in [1.54, 1.807) is 0 Å². The summed E-state index contributed by atoms with van der Waals surface area (Å²) in [6.45, 7) is 2.31. The van der Waals surface area contributed by atoms with E-state index in [0.717, 1.165) is 32.0 Å². The van der Waals surface area contributed by atoms with Gasteiger partial charge < -0.3 is 5.73 Å². The molecule has 0 radical (unpaired) electrons. The van der Waals surface area contributed by atoms with Gasteiger partial charge in [-0.05, 0) is 43.6 Å². The van der Waals surface area contributed by atoms with Crippen LogP contribution < -0.4 is 5.73 Å². The van der Waals surface area contributed by atoms with Gasteiger partial charge in [-0.2, -0.15) is 0 Å². The van der Waals surface area contributed by atoms with E-state index in [1.807, 2.05) is 0 Å². The van der Waals surface area contributed by atoms with Gasteiger partial charge in [-0.15, -0.1) is 0 Å². The minimum absolute atomic E-state index is 0.0690. The molecule has 0 aliphatic carbocycles. The van der Waals surface area contributed by atoms with Crippen molar-refractivity contribution >= 4 is 0 Å². The average Bonchev–Trinajstić information content (AvgIpc) is 2.30. The number of benzene rings is 1. The Kier molecular flexibility index (Phi) is 4.07. The molecule has 2 N–H and O–H groups in total. The molecule has 1 aliphatic heterocycles. The predicted molar refractivity (Wildman–Crippen MR) is 63.6 cm³/mol. The van der Waals surface area contributed by atoms with Crippen molar-refractivity contribution in [1.82, 2.24) is 4.90 Å². The van der Waals surface area contributed by atoms with Gasteiger partial charge >= 0.3 is 0 Å². The Hall–Kier alpha value is -1.00. The number of nitrogens with two attached hydrogens (primary N) is 1. The SMILES string of the molecule is NCC(c1cc(F)cc(F)c1)N1CCCCC1. The van der Waals surface area contributed by atoms with Crippen LogP contribution in [0.3, 0.4) is 0 Å². The predicted octanol–water partition coefficient (Wildman–Crippen LogP) is 2.45. The van der Waals surface area contributed by atoms with E-state index in [4.69, 9.17) is 5.73 Å². The molecule has 0 aromatic heterocycles. The third kappa shape index (κ3) is 3.01. The second-order valence-corrected chi connectivity index (χ2v) is 4.55. The molecule has 1 atom stereocenters. The van der Waals surface area contributed by atoms with Crippen molar-refractivity contribution < 1.29 is 8.78 Å². The lowest BCUT2D eigenvalue weighted by molar-refractivity contribution is 0.167. The van der Waals surface area contributed by atoms with Crippen LogP contribution in [0.1, 0.15) is 30.9 Å². The van der Waals surface area contributed by atoms with Crippen molar-refractivity contribution in [1.29, 1.82) is 0 Å². The first-order valence-electron chi connectivity index (χ1n) is 6.11. The molecule has 94 valence electrons. The summed E-state index contributed by atoms with van der Waals surface area (Å²) in [5, 5.41) is 0. The zero-order chi connectivity index (χ0) is 12.3. The molecular formula is C13H18F2N2. The quantitative estimate of drug-likeness (QED) is 0.879. The van der Waals surface area contributed by atoms with Gasteiger partial charge in [-0.3, -0.25) is 4.90 Å². The number of piperidine rings is 1. The fraction of sp³-hybridized carbons (Fsp3) is 0.538. The normalized spacial score (nSPS) is 19.2. The topological polar surface area (TPSA) is 29.3 Å². The van der Waals surface area contributed by atoms with Gasteiger partial charge in [-0.1, -0.05) is 6.42 Å². The molecule has 1 unspecified atom stereocenters. The van der Waals surface area contributed by atoms with Crippen molar-refractivity contribution in [3.63, 3.8) is 0 Å². The number of halogens is 2. The lowest BCUT2D eigenvalue weighted by atomic mass is 10.0. The van der Waals surface area contributed by atoms with E-state index in [0.29, 0.717) is 12.1 Å². The van der Waals surface area contributed by atoms with Crippen LogP contribution in [0.2, 0.25) is 0 Å². The molecule has 1 aromatic carbocycles. The molecule has 1 saturated heterocycles. The summed E-state index contributed by atoms with van der Waals surface area (Å²) in [6, 6.07) is 3.60. The summed E-state index contributed by atoms with van der Waals surface area (Å²) in [5.41, 5.74) is 6.39. The van der Waals surface area contributed by atoms with Crippen molar-refractivity contribution in [2.75, 3.05) is 19.6 Å². The van der Waals surface area contributed by atoms with Crippen molar-refractivity contribution in [3.8, 4) is 0 Å². The minimum Gasteiger partial charge on any atom is -0.329 e. The highest BCUT2D eigenvalue weighted by molar-refractivity contribution is 5.22. The molecule has 0 saturated carbocycles. The van der Waals surface area contributed by atoms with Crippen LogP contribution in [-0.2, 0) is 0 Å². The summed E-state index contributed by atoms with van der Waals surface area (Å²) < 4.78 is 26.4. The fourth-order valence-corrected chi connectivity index (χ4v) is 2.49. The summed E-state index contributed by atoms with van der Waals surface area (Å²) >= 11 is 0. The van der Waals surface area contributed by atoms with Gasteiger partial charge in [0.1, 0.15) is 11.6 Å². The second kappa shape index (κ2) is 5.56. The van der Waals surface area contributed by atoms with Gasteiger partial charge in [0, 0.05) is 18.7 Å². The summed E-state index contributed by atoms with van der Waals surface area (Å²) in [4.78, 5) is 2.22.